The summed E-state index contributed by atoms with van der Waals surface area (Å²) in [5.41, 5.74) is 1.98. The van der Waals surface area contributed by atoms with Crippen LogP contribution in [-0.2, 0) is 14.6 Å². The Kier molecular flexibility index (Phi) is 3.71. The van der Waals surface area contributed by atoms with E-state index in [9.17, 15) is 13.2 Å². The SMILES string of the molecule is Cc1cccc2sc(NC(=O)C[C@@H]3CCS(=O)(=O)C3)nc12. The number of sulfone groups is 1. The molecule has 1 aliphatic rings. The highest BCUT2D eigenvalue weighted by molar-refractivity contribution is 7.91. The van der Waals surface area contributed by atoms with E-state index in [1.54, 1.807) is 0 Å². The van der Waals surface area contributed by atoms with Crippen LogP contribution < -0.4 is 5.32 Å². The number of para-hydroxylation sites is 1. The van der Waals surface area contributed by atoms with Crippen molar-refractivity contribution in [3.8, 4) is 0 Å². The second-order valence-corrected chi connectivity index (χ2v) is 8.72. The topological polar surface area (TPSA) is 76.1 Å². The fraction of sp³-hybridized carbons (Fsp3) is 0.429. The van der Waals surface area contributed by atoms with Crippen molar-refractivity contribution in [2.45, 2.75) is 19.8 Å². The van der Waals surface area contributed by atoms with Crippen molar-refractivity contribution in [2.24, 2.45) is 5.92 Å². The summed E-state index contributed by atoms with van der Waals surface area (Å²) < 4.78 is 23.8. The van der Waals surface area contributed by atoms with E-state index in [0.717, 1.165) is 15.8 Å². The number of hydrogen-bond donors (Lipinski definition) is 1. The van der Waals surface area contributed by atoms with Gasteiger partial charge in [-0.15, -0.1) is 0 Å². The van der Waals surface area contributed by atoms with Gasteiger partial charge in [0.15, 0.2) is 15.0 Å². The molecular formula is C14H16N2O3S2. The second-order valence-electron chi connectivity index (χ2n) is 5.46. The van der Waals surface area contributed by atoms with Crippen molar-refractivity contribution in [2.75, 3.05) is 16.8 Å². The van der Waals surface area contributed by atoms with E-state index in [1.807, 2.05) is 25.1 Å². The molecule has 1 N–H and O–H groups in total. The minimum absolute atomic E-state index is 0.0638. The van der Waals surface area contributed by atoms with E-state index in [-0.39, 0.29) is 29.8 Å². The van der Waals surface area contributed by atoms with Gasteiger partial charge < -0.3 is 5.32 Å². The van der Waals surface area contributed by atoms with Gasteiger partial charge in [-0.05, 0) is 30.9 Å². The van der Waals surface area contributed by atoms with Crippen LogP contribution in [0.5, 0.6) is 0 Å². The number of nitrogens with one attached hydrogen (secondary N) is 1. The van der Waals surface area contributed by atoms with Crippen LogP contribution in [0.3, 0.4) is 0 Å². The molecular weight excluding hydrogens is 308 g/mol. The molecule has 0 aliphatic carbocycles. The van der Waals surface area contributed by atoms with Gasteiger partial charge in [0.2, 0.25) is 5.91 Å². The molecule has 0 spiro atoms. The summed E-state index contributed by atoms with van der Waals surface area (Å²) in [5, 5.41) is 3.36. The molecule has 1 aromatic carbocycles. The summed E-state index contributed by atoms with van der Waals surface area (Å²) in [6, 6.07) is 5.92. The maximum absolute atomic E-state index is 12.0. The molecule has 0 unspecified atom stereocenters. The predicted molar refractivity (Wildman–Crippen MR) is 84.4 cm³/mol. The lowest BCUT2D eigenvalue weighted by Gasteiger charge is -2.06. The molecule has 2 aromatic rings. The van der Waals surface area contributed by atoms with E-state index in [2.05, 4.69) is 10.3 Å². The molecule has 0 saturated carbocycles. The fourth-order valence-electron chi connectivity index (χ4n) is 2.61. The van der Waals surface area contributed by atoms with Crippen molar-refractivity contribution < 1.29 is 13.2 Å². The summed E-state index contributed by atoms with van der Waals surface area (Å²) in [7, 11) is -2.93. The number of nitrogens with zero attached hydrogens (tertiary/aromatic N) is 1. The normalized spacial score (nSPS) is 20.7. The Morgan fingerprint density at radius 2 is 2.29 bits per heavy atom. The molecule has 1 fully saturated rings. The smallest absolute Gasteiger partial charge is 0.226 e. The summed E-state index contributed by atoms with van der Waals surface area (Å²) in [6.45, 7) is 1.98. The Morgan fingerprint density at radius 3 is 2.95 bits per heavy atom. The van der Waals surface area contributed by atoms with Gasteiger partial charge in [0.1, 0.15) is 0 Å². The molecule has 1 amide bonds. The molecule has 5 nitrogen and oxygen atoms in total. The first-order valence-corrected chi connectivity index (χ1v) is 9.43. The highest BCUT2D eigenvalue weighted by Crippen LogP contribution is 2.28. The average Bonchev–Trinajstić information content (AvgIpc) is 2.93. The zero-order valence-electron chi connectivity index (χ0n) is 11.6. The Hall–Kier alpha value is -1.47. The summed E-state index contributed by atoms with van der Waals surface area (Å²) in [4.78, 5) is 16.4. The number of thiazole rings is 1. The molecule has 0 bridgehead atoms. The van der Waals surface area contributed by atoms with Gasteiger partial charge in [0, 0.05) is 6.42 Å². The van der Waals surface area contributed by atoms with E-state index < -0.39 is 9.84 Å². The minimum atomic E-state index is -2.93. The van der Waals surface area contributed by atoms with Crippen molar-refractivity contribution >= 4 is 42.4 Å². The number of carbonyl (C=O) groups excluding carboxylic acids is 1. The fourth-order valence-corrected chi connectivity index (χ4v) is 5.43. The number of rotatable bonds is 3. The van der Waals surface area contributed by atoms with Crippen molar-refractivity contribution in [3.63, 3.8) is 0 Å². The van der Waals surface area contributed by atoms with E-state index in [4.69, 9.17) is 0 Å². The van der Waals surface area contributed by atoms with Crippen LogP contribution in [0.1, 0.15) is 18.4 Å². The number of hydrogen-bond acceptors (Lipinski definition) is 5. The third-order valence-corrected chi connectivity index (χ3v) is 6.44. The molecule has 1 aliphatic heterocycles. The lowest BCUT2D eigenvalue weighted by Crippen LogP contribution is -2.17. The van der Waals surface area contributed by atoms with Crippen LogP contribution >= 0.6 is 11.3 Å². The van der Waals surface area contributed by atoms with Gasteiger partial charge in [-0.3, -0.25) is 4.79 Å². The Morgan fingerprint density at radius 1 is 1.48 bits per heavy atom. The third kappa shape index (κ3) is 3.24. The maximum Gasteiger partial charge on any atom is 0.226 e. The molecule has 1 aromatic heterocycles. The van der Waals surface area contributed by atoms with E-state index in [0.29, 0.717) is 11.6 Å². The monoisotopic (exact) mass is 324 g/mol. The van der Waals surface area contributed by atoms with Gasteiger partial charge in [0.05, 0.1) is 21.7 Å². The molecule has 112 valence electrons. The summed E-state index contributed by atoms with van der Waals surface area (Å²) >= 11 is 1.44. The molecule has 1 atom stereocenters. The first-order valence-electron chi connectivity index (χ1n) is 6.79. The Bertz CT molecular complexity index is 796. The van der Waals surface area contributed by atoms with E-state index >= 15 is 0 Å². The first kappa shape index (κ1) is 14.5. The van der Waals surface area contributed by atoms with Crippen LogP contribution in [0.4, 0.5) is 5.13 Å². The zero-order valence-corrected chi connectivity index (χ0v) is 13.3. The van der Waals surface area contributed by atoms with E-state index in [1.165, 1.54) is 11.3 Å². The largest absolute Gasteiger partial charge is 0.302 e. The molecule has 0 radical (unpaired) electrons. The maximum atomic E-state index is 12.0. The van der Waals surface area contributed by atoms with Gasteiger partial charge in [-0.1, -0.05) is 23.5 Å². The minimum Gasteiger partial charge on any atom is -0.302 e. The third-order valence-electron chi connectivity index (χ3n) is 3.67. The number of aromatic nitrogens is 1. The molecule has 7 heteroatoms. The number of anilines is 1. The highest BCUT2D eigenvalue weighted by Gasteiger charge is 2.29. The molecule has 3 rings (SSSR count). The van der Waals surface area contributed by atoms with Gasteiger partial charge in [-0.25, -0.2) is 13.4 Å². The first-order chi connectivity index (χ1) is 9.93. The number of amides is 1. The van der Waals surface area contributed by atoms with Crippen LogP contribution in [0, 0.1) is 12.8 Å². The average molecular weight is 324 g/mol. The molecule has 2 heterocycles. The zero-order chi connectivity index (χ0) is 15.0. The summed E-state index contributed by atoms with van der Waals surface area (Å²) in [6.07, 6.45) is 0.822. The van der Waals surface area contributed by atoms with Gasteiger partial charge >= 0.3 is 0 Å². The number of fused-ring (bicyclic) bond motifs is 1. The number of carbonyl (C=O) groups is 1. The van der Waals surface area contributed by atoms with Crippen molar-refractivity contribution in [1.29, 1.82) is 0 Å². The van der Waals surface area contributed by atoms with Crippen LogP contribution in [0.2, 0.25) is 0 Å². The second kappa shape index (κ2) is 5.38. The van der Waals surface area contributed by atoms with Gasteiger partial charge in [0.25, 0.3) is 0 Å². The number of aryl methyl sites for hydroxylation is 1. The molecule has 21 heavy (non-hydrogen) atoms. The Balaban J connectivity index is 1.68. The quantitative estimate of drug-likeness (QED) is 0.940. The lowest BCUT2D eigenvalue weighted by molar-refractivity contribution is -0.116. The van der Waals surface area contributed by atoms with Crippen molar-refractivity contribution in [1.82, 2.24) is 4.98 Å². The molecule has 1 saturated heterocycles. The highest BCUT2D eigenvalue weighted by atomic mass is 32.2. The van der Waals surface area contributed by atoms with Crippen LogP contribution in [0.15, 0.2) is 18.2 Å². The Labute approximate surface area is 127 Å². The lowest BCUT2D eigenvalue weighted by atomic mass is 10.1. The summed E-state index contributed by atoms with van der Waals surface area (Å²) in [5.74, 6) is 0.102. The number of benzene rings is 1. The predicted octanol–water partition coefficient (Wildman–Crippen LogP) is 2.37. The van der Waals surface area contributed by atoms with Crippen LogP contribution in [-0.4, -0.2) is 30.8 Å². The van der Waals surface area contributed by atoms with Gasteiger partial charge in [-0.2, -0.15) is 0 Å². The van der Waals surface area contributed by atoms with Crippen molar-refractivity contribution in [3.05, 3.63) is 23.8 Å². The van der Waals surface area contributed by atoms with Crippen LogP contribution in [0.25, 0.3) is 10.2 Å². The standard InChI is InChI=1S/C14H16N2O3S2/c1-9-3-2-4-11-13(9)16-14(20-11)15-12(17)7-10-5-6-21(18,19)8-10/h2-4,10H,5-8H2,1H3,(H,15,16,17)/t10-/m0/s1.